The van der Waals surface area contributed by atoms with Crippen molar-refractivity contribution in [1.29, 1.82) is 0 Å². The Kier molecular flexibility index (Phi) is 17.8. The number of Topliss-reactive ketones (excluding diaryl/α,β-unsaturated/α-hetero) is 1. The number of carbonyl (C=O) groups excluding carboxylic acids is 1. The van der Waals surface area contributed by atoms with Crippen LogP contribution < -0.4 is 18.9 Å². The average Bonchev–Trinajstić information content (AvgIpc) is 3.26. The van der Waals surface area contributed by atoms with Crippen molar-refractivity contribution in [3.8, 4) is 23.0 Å². The number of benzene rings is 4. The zero-order valence-corrected chi connectivity index (χ0v) is 46.8. The van der Waals surface area contributed by atoms with Crippen molar-refractivity contribution in [3.63, 3.8) is 0 Å². The number of aliphatic hydroxyl groups is 5. The molecule has 4 aromatic carbocycles. The predicted molar refractivity (Wildman–Crippen MR) is 280 cm³/mol. The number of fused-ring (bicyclic) bond motifs is 2. The first-order valence-corrected chi connectivity index (χ1v) is 30.3. The minimum atomic E-state index is -2.06. The van der Waals surface area contributed by atoms with Gasteiger partial charge in [-0.05, 0) is 134 Å². The molecule has 386 valence electrons. The first kappa shape index (κ1) is 56.8. The summed E-state index contributed by atoms with van der Waals surface area (Å²) in [6.45, 7) is 29.8. The van der Waals surface area contributed by atoms with Crippen LogP contribution in [0.25, 0.3) is 0 Å². The SMILES string of the molecule is COc1cc(CC(=O)c2ccc3c(c2)C(O[Si](C)(C)C(C)(C)C)CC(C)(C)O3)cc(CO)c1CO.COc1cc(CC(O)c2ccc3c(c2)C(O[Si](C)(C)C(C)(C)C)CC(C)(C)O3)cc(CO)c1CO. The standard InChI is InChI=1S/C28H42O6Si.C28H40O6Si/c2*1-27(2,3)35(7,8)34-26-15-28(4,5)33-24-10-9-19(14-21(24)26)23(31)12-18-11-20(16-29)22(17-30)25(13-18)32-6/h9-11,13-14,23,26,29-31H,12,15-17H2,1-8H3;9-11,13-14,26,29-30H,12,15-17H2,1-8H3. The lowest BCUT2D eigenvalue weighted by molar-refractivity contribution is 0.0159. The van der Waals surface area contributed by atoms with Gasteiger partial charge in [0.15, 0.2) is 22.4 Å². The van der Waals surface area contributed by atoms with Gasteiger partial charge in [-0.25, -0.2) is 0 Å². The second kappa shape index (κ2) is 21.9. The lowest BCUT2D eigenvalue weighted by atomic mass is 9.89. The molecule has 3 unspecified atom stereocenters. The summed E-state index contributed by atoms with van der Waals surface area (Å²) in [6.07, 6.45) is 0.927. The Balaban J connectivity index is 0.000000261. The van der Waals surface area contributed by atoms with E-state index in [0.29, 0.717) is 52.2 Å². The molecule has 2 heterocycles. The molecule has 5 N–H and O–H groups in total. The smallest absolute Gasteiger partial charge is 0.192 e. The van der Waals surface area contributed by atoms with Gasteiger partial charge in [0.2, 0.25) is 0 Å². The van der Waals surface area contributed by atoms with Gasteiger partial charge in [0.1, 0.15) is 34.2 Å². The number of ketones is 1. The Morgan fingerprint density at radius 2 is 1.07 bits per heavy atom. The number of carbonyl (C=O) groups is 1. The minimum Gasteiger partial charge on any atom is -0.496 e. The van der Waals surface area contributed by atoms with Crippen molar-refractivity contribution in [2.24, 2.45) is 0 Å². The van der Waals surface area contributed by atoms with Crippen LogP contribution in [0.2, 0.25) is 36.3 Å². The number of methoxy groups -OCH3 is 2. The second-order valence-corrected chi connectivity index (χ2v) is 32.8. The molecule has 14 heteroatoms. The van der Waals surface area contributed by atoms with E-state index in [1.165, 1.54) is 14.2 Å². The molecule has 3 atom stereocenters. The summed E-state index contributed by atoms with van der Waals surface area (Å²) in [5.41, 5.74) is 6.35. The molecule has 0 amide bonds. The van der Waals surface area contributed by atoms with E-state index in [-0.39, 0.29) is 72.1 Å². The molecule has 0 fully saturated rings. The quantitative estimate of drug-likeness (QED) is 0.0532. The van der Waals surface area contributed by atoms with Gasteiger partial charge in [0.25, 0.3) is 0 Å². The Hall–Kier alpha value is -4.10. The topological polar surface area (TPSA) is 174 Å². The van der Waals surface area contributed by atoms with Crippen LogP contribution >= 0.6 is 0 Å². The van der Waals surface area contributed by atoms with E-state index in [9.17, 15) is 30.3 Å². The first-order chi connectivity index (χ1) is 32.4. The summed E-state index contributed by atoms with van der Waals surface area (Å²) in [5, 5.41) is 50.1. The Bertz CT molecular complexity index is 2410. The number of hydrogen-bond donors (Lipinski definition) is 5. The molecule has 0 saturated carbocycles. The highest BCUT2D eigenvalue weighted by molar-refractivity contribution is 6.74. The Morgan fingerprint density at radius 3 is 1.50 bits per heavy atom. The molecule has 0 aromatic heterocycles. The van der Waals surface area contributed by atoms with Crippen LogP contribution in [0.5, 0.6) is 23.0 Å². The number of ether oxygens (including phenoxy) is 4. The third-order valence-corrected chi connectivity index (χ3v) is 23.6. The summed E-state index contributed by atoms with van der Waals surface area (Å²) in [6, 6.07) is 18.6. The van der Waals surface area contributed by atoms with Crippen LogP contribution in [-0.4, -0.2) is 73.4 Å². The summed E-state index contributed by atoms with van der Waals surface area (Å²) in [4.78, 5) is 13.3. The predicted octanol–water partition coefficient (Wildman–Crippen LogP) is 11.3. The fourth-order valence-corrected chi connectivity index (χ4v) is 11.2. The lowest BCUT2D eigenvalue weighted by Gasteiger charge is -2.44. The fourth-order valence-electron chi connectivity index (χ4n) is 8.64. The van der Waals surface area contributed by atoms with E-state index in [1.54, 1.807) is 24.3 Å². The van der Waals surface area contributed by atoms with E-state index in [1.807, 2.05) is 36.4 Å². The van der Waals surface area contributed by atoms with Crippen molar-refractivity contribution in [2.45, 2.75) is 187 Å². The molecule has 4 aromatic rings. The molecule has 2 aliphatic rings. The summed E-state index contributed by atoms with van der Waals surface area (Å²) in [7, 11) is -1.05. The highest BCUT2D eigenvalue weighted by atomic mass is 28.4. The van der Waals surface area contributed by atoms with Crippen LogP contribution in [-0.2, 0) is 48.1 Å². The van der Waals surface area contributed by atoms with Crippen LogP contribution in [0.1, 0.15) is 161 Å². The van der Waals surface area contributed by atoms with Crippen LogP contribution in [0.4, 0.5) is 0 Å². The van der Waals surface area contributed by atoms with Gasteiger partial charge in [0.05, 0.1) is 59.0 Å². The Labute approximate surface area is 419 Å². The summed E-state index contributed by atoms with van der Waals surface area (Å²) >= 11 is 0. The summed E-state index contributed by atoms with van der Waals surface area (Å²) < 4.78 is 37.0. The third kappa shape index (κ3) is 13.3. The maximum atomic E-state index is 13.3. The van der Waals surface area contributed by atoms with Gasteiger partial charge in [-0.15, -0.1) is 0 Å². The van der Waals surface area contributed by atoms with Gasteiger partial charge in [-0.2, -0.15) is 0 Å². The molecule has 70 heavy (non-hydrogen) atoms. The van der Waals surface area contributed by atoms with E-state index in [0.717, 1.165) is 45.7 Å². The van der Waals surface area contributed by atoms with Gasteiger partial charge >= 0.3 is 0 Å². The summed E-state index contributed by atoms with van der Waals surface area (Å²) in [5.74, 6) is 2.48. The maximum Gasteiger partial charge on any atom is 0.192 e. The number of aliphatic hydroxyl groups excluding tert-OH is 5. The van der Waals surface area contributed by atoms with Crippen molar-refractivity contribution in [2.75, 3.05) is 14.2 Å². The molecule has 0 aliphatic carbocycles. The minimum absolute atomic E-state index is 0.0496. The van der Waals surface area contributed by atoms with Crippen LogP contribution in [0.3, 0.4) is 0 Å². The highest BCUT2D eigenvalue weighted by Crippen LogP contribution is 2.49. The monoisotopic (exact) mass is 1000 g/mol. The number of hydrogen-bond acceptors (Lipinski definition) is 12. The van der Waals surface area contributed by atoms with E-state index >= 15 is 0 Å². The Morgan fingerprint density at radius 1 is 0.643 bits per heavy atom. The van der Waals surface area contributed by atoms with E-state index < -0.39 is 22.7 Å². The molecule has 0 spiro atoms. The van der Waals surface area contributed by atoms with Crippen molar-refractivity contribution < 1.29 is 58.1 Å². The van der Waals surface area contributed by atoms with E-state index in [4.69, 9.17) is 27.8 Å². The van der Waals surface area contributed by atoms with Crippen LogP contribution in [0, 0.1) is 0 Å². The number of rotatable bonds is 16. The van der Waals surface area contributed by atoms with Crippen molar-refractivity contribution in [1.82, 2.24) is 0 Å². The largest absolute Gasteiger partial charge is 0.496 e. The van der Waals surface area contributed by atoms with Gasteiger partial charge in [-0.3, -0.25) is 4.79 Å². The van der Waals surface area contributed by atoms with E-state index in [2.05, 4.69) is 95.4 Å². The van der Waals surface area contributed by atoms with Crippen molar-refractivity contribution >= 4 is 22.4 Å². The molecule has 6 rings (SSSR count). The normalized spacial score (nSPS) is 18.0. The molecular weight excluding hydrogens is 921 g/mol. The molecular formula is C56H82O12Si2. The highest BCUT2D eigenvalue weighted by Gasteiger charge is 2.45. The molecule has 2 aliphatic heterocycles. The zero-order valence-electron chi connectivity index (χ0n) is 44.8. The second-order valence-electron chi connectivity index (χ2n) is 23.2. The fraction of sp³-hybridized carbons (Fsp3) is 0.554. The maximum absolute atomic E-state index is 13.3. The molecule has 0 radical (unpaired) electrons. The third-order valence-electron chi connectivity index (χ3n) is 14.7. The molecule has 0 bridgehead atoms. The van der Waals surface area contributed by atoms with Crippen LogP contribution in [0.15, 0.2) is 60.7 Å². The zero-order chi connectivity index (χ0) is 52.4. The van der Waals surface area contributed by atoms with Gasteiger partial charge in [0, 0.05) is 53.5 Å². The molecule has 0 saturated heterocycles. The van der Waals surface area contributed by atoms with Crippen molar-refractivity contribution in [3.05, 3.63) is 116 Å². The van der Waals surface area contributed by atoms with Gasteiger partial charge < -0.3 is 53.3 Å². The first-order valence-electron chi connectivity index (χ1n) is 24.5. The lowest BCUT2D eigenvalue weighted by Crippen LogP contribution is -2.45. The molecule has 12 nitrogen and oxygen atoms in total. The average molecular weight is 1000 g/mol. The van der Waals surface area contributed by atoms with Gasteiger partial charge in [-0.1, -0.05) is 59.7 Å².